The molecule has 0 saturated heterocycles. The number of carbonyl (C=O) groups is 2. The molecule has 0 aliphatic heterocycles. The molecule has 0 aromatic heterocycles. The highest BCUT2D eigenvalue weighted by Crippen LogP contribution is 2.29. The van der Waals surface area contributed by atoms with Gasteiger partial charge in [0.1, 0.15) is 12.5 Å². The van der Waals surface area contributed by atoms with Crippen molar-refractivity contribution in [1.29, 1.82) is 0 Å². The SMILES string of the molecule is O=COCCC(=O)OCSC(F)(F)F. The zero-order valence-electron chi connectivity index (χ0n) is 6.87. The molecule has 8 heteroatoms. The third-order valence-corrected chi connectivity index (χ3v) is 1.50. The number of carbonyl (C=O) groups excluding carboxylic acids is 2. The molecule has 0 spiro atoms. The van der Waals surface area contributed by atoms with Gasteiger partial charge in [-0.05, 0) is 11.8 Å². The van der Waals surface area contributed by atoms with Crippen LogP contribution >= 0.6 is 11.8 Å². The molecule has 14 heavy (non-hydrogen) atoms. The van der Waals surface area contributed by atoms with Gasteiger partial charge in [-0.25, -0.2) is 0 Å². The van der Waals surface area contributed by atoms with Crippen LogP contribution in [0.25, 0.3) is 0 Å². The number of halogens is 3. The molecule has 0 aromatic rings. The quantitative estimate of drug-likeness (QED) is 0.299. The number of thioether (sulfide) groups is 1. The van der Waals surface area contributed by atoms with Gasteiger partial charge in [0.25, 0.3) is 6.47 Å². The predicted octanol–water partition coefficient (Wildman–Crippen LogP) is 1.30. The fraction of sp³-hybridized carbons (Fsp3) is 0.667. The van der Waals surface area contributed by atoms with Crippen molar-refractivity contribution in [3.8, 4) is 0 Å². The molecule has 0 aromatic carbocycles. The van der Waals surface area contributed by atoms with Gasteiger partial charge in [0, 0.05) is 0 Å². The Balaban J connectivity index is 3.40. The van der Waals surface area contributed by atoms with Gasteiger partial charge in [-0.2, -0.15) is 13.2 Å². The fourth-order valence-electron chi connectivity index (χ4n) is 0.425. The van der Waals surface area contributed by atoms with E-state index >= 15 is 0 Å². The van der Waals surface area contributed by atoms with Crippen molar-refractivity contribution in [2.45, 2.75) is 11.9 Å². The monoisotopic (exact) mass is 232 g/mol. The van der Waals surface area contributed by atoms with Crippen molar-refractivity contribution in [3.63, 3.8) is 0 Å². The summed E-state index contributed by atoms with van der Waals surface area (Å²) in [6, 6.07) is 0. The second kappa shape index (κ2) is 6.52. The van der Waals surface area contributed by atoms with E-state index in [1.54, 1.807) is 0 Å². The topological polar surface area (TPSA) is 52.6 Å². The van der Waals surface area contributed by atoms with E-state index in [4.69, 9.17) is 0 Å². The summed E-state index contributed by atoms with van der Waals surface area (Å²) in [5.74, 6) is -1.63. The van der Waals surface area contributed by atoms with E-state index in [9.17, 15) is 22.8 Å². The molecule has 0 unspecified atom stereocenters. The Hall–Kier alpha value is -0.920. The predicted molar refractivity (Wildman–Crippen MR) is 41.2 cm³/mol. The maximum absolute atomic E-state index is 11.5. The van der Waals surface area contributed by atoms with Gasteiger partial charge in [0.15, 0.2) is 0 Å². The van der Waals surface area contributed by atoms with Crippen LogP contribution in [0.15, 0.2) is 0 Å². The molecule has 0 amide bonds. The smallest absolute Gasteiger partial charge is 0.444 e. The minimum atomic E-state index is -4.42. The summed E-state index contributed by atoms with van der Waals surface area (Å²) in [5.41, 5.74) is -4.42. The second-order valence-corrected chi connectivity index (χ2v) is 2.93. The third kappa shape index (κ3) is 9.17. The van der Waals surface area contributed by atoms with Crippen molar-refractivity contribution >= 4 is 24.2 Å². The minimum Gasteiger partial charge on any atom is -0.467 e. The summed E-state index contributed by atoms with van der Waals surface area (Å²) >= 11 is -0.452. The maximum Gasteiger partial charge on any atom is 0.444 e. The molecule has 0 atom stereocenters. The van der Waals surface area contributed by atoms with Gasteiger partial charge in [0.05, 0.1) is 6.42 Å². The van der Waals surface area contributed by atoms with Crippen LogP contribution in [-0.4, -0.2) is 30.5 Å². The Labute approximate surface area is 81.7 Å². The van der Waals surface area contributed by atoms with E-state index in [0.29, 0.717) is 0 Å². The molecule has 0 rings (SSSR count). The van der Waals surface area contributed by atoms with Crippen molar-refractivity contribution < 1.29 is 32.2 Å². The van der Waals surface area contributed by atoms with E-state index in [0.717, 1.165) is 0 Å². The number of esters is 1. The van der Waals surface area contributed by atoms with Gasteiger partial charge in [-0.15, -0.1) is 0 Å². The first-order valence-electron chi connectivity index (χ1n) is 3.37. The van der Waals surface area contributed by atoms with E-state index in [1.165, 1.54) is 0 Å². The van der Waals surface area contributed by atoms with Crippen molar-refractivity contribution in [2.24, 2.45) is 0 Å². The number of rotatable bonds is 6. The van der Waals surface area contributed by atoms with Crippen LogP contribution in [0.2, 0.25) is 0 Å². The summed E-state index contributed by atoms with van der Waals surface area (Å²) in [4.78, 5) is 20.2. The second-order valence-electron chi connectivity index (χ2n) is 1.94. The highest BCUT2D eigenvalue weighted by molar-refractivity contribution is 8.00. The molecule has 0 aliphatic carbocycles. The Morgan fingerprint density at radius 2 is 2.07 bits per heavy atom. The molecule has 0 saturated carbocycles. The van der Waals surface area contributed by atoms with Crippen LogP contribution < -0.4 is 0 Å². The number of alkyl halides is 3. The molecule has 0 aliphatic rings. The molecule has 0 fully saturated rings. The molecular formula is C6H7F3O4S. The lowest BCUT2D eigenvalue weighted by molar-refractivity contribution is -0.143. The number of ether oxygens (including phenoxy) is 2. The van der Waals surface area contributed by atoms with E-state index in [2.05, 4.69) is 9.47 Å². The van der Waals surface area contributed by atoms with Crippen molar-refractivity contribution in [3.05, 3.63) is 0 Å². The number of hydrogen-bond donors (Lipinski definition) is 0. The number of hydrogen-bond acceptors (Lipinski definition) is 5. The summed E-state index contributed by atoms with van der Waals surface area (Å²) in [6.45, 7) is -0.0588. The Kier molecular flexibility index (Phi) is 6.09. The summed E-state index contributed by atoms with van der Waals surface area (Å²) < 4.78 is 42.9. The summed E-state index contributed by atoms with van der Waals surface area (Å²) in [7, 11) is 0. The van der Waals surface area contributed by atoms with Gasteiger partial charge < -0.3 is 9.47 Å². The first-order valence-corrected chi connectivity index (χ1v) is 4.36. The standard InChI is InChI=1S/C6H7F3O4S/c7-6(8,9)14-4-13-5(11)1-2-12-3-10/h3H,1-2,4H2. The zero-order valence-corrected chi connectivity index (χ0v) is 7.69. The molecular weight excluding hydrogens is 225 g/mol. The van der Waals surface area contributed by atoms with Gasteiger partial charge in [-0.3, -0.25) is 9.59 Å². The lowest BCUT2D eigenvalue weighted by atomic mass is 10.5. The van der Waals surface area contributed by atoms with Gasteiger partial charge in [0.2, 0.25) is 0 Å². The van der Waals surface area contributed by atoms with Crippen LogP contribution in [0.5, 0.6) is 0 Å². The minimum absolute atomic E-state index is 0.137. The van der Waals surface area contributed by atoms with Crippen LogP contribution in [0.3, 0.4) is 0 Å². The molecule has 4 nitrogen and oxygen atoms in total. The third-order valence-electron chi connectivity index (χ3n) is 0.935. The Bertz CT molecular complexity index is 194. The zero-order chi connectivity index (χ0) is 11.0. The summed E-state index contributed by atoms with van der Waals surface area (Å²) in [5, 5.41) is 0. The Morgan fingerprint density at radius 3 is 2.57 bits per heavy atom. The van der Waals surface area contributed by atoms with Crippen molar-refractivity contribution in [2.75, 3.05) is 12.5 Å². The van der Waals surface area contributed by atoms with Crippen LogP contribution in [0.4, 0.5) is 13.2 Å². The van der Waals surface area contributed by atoms with E-state index < -0.39 is 29.2 Å². The first kappa shape index (κ1) is 13.1. The van der Waals surface area contributed by atoms with Crippen LogP contribution in [-0.2, 0) is 19.1 Å². The molecule has 0 heterocycles. The molecule has 0 N–H and O–H groups in total. The molecule has 0 bridgehead atoms. The fourth-order valence-corrected chi connectivity index (χ4v) is 0.749. The summed E-state index contributed by atoms with van der Waals surface area (Å²) in [6.07, 6.45) is -0.253. The molecule has 82 valence electrons. The maximum atomic E-state index is 11.5. The van der Waals surface area contributed by atoms with E-state index in [-0.39, 0.29) is 19.5 Å². The average Bonchev–Trinajstić information content (AvgIpc) is 2.02. The molecule has 0 radical (unpaired) electrons. The normalized spacial score (nSPS) is 10.8. The lowest BCUT2D eigenvalue weighted by Gasteiger charge is -2.06. The van der Waals surface area contributed by atoms with Gasteiger partial charge >= 0.3 is 11.5 Å². The highest BCUT2D eigenvalue weighted by atomic mass is 32.2. The highest BCUT2D eigenvalue weighted by Gasteiger charge is 2.28. The average molecular weight is 232 g/mol. The first-order chi connectivity index (χ1) is 6.45. The van der Waals surface area contributed by atoms with E-state index in [1.807, 2.05) is 0 Å². The van der Waals surface area contributed by atoms with Crippen LogP contribution in [0.1, 0.15) is 6.42 Å². The largest absolute Gasteiger partial charge is 0.467 e. The lowest BCUT2D eigenvalue weighted by Crippen LogP contribution is -2.10. The van der Waals surface area contributed by atoms with Crippen LogP contribution in [0, 0.1) is 0 Å². The Morgan fingerprint density at radius 1 is 1.43 bits per heavy atom. The van der Waals surface area contributed by atoms with Gasteiger partial charge in [-0.1, -0.05) is 0 Å². The van der Waals surface area contributed by atoms with Crippen molar-refractivity contribution in [1.82, 2.24) is 0 Å².